The van der Waals surface area contributed by atoms with Crippen molar-refractivity contribution in [1.29, 1.82) is 0 Å². The van der Waals surface area contributed by atoms with Crippen molar-refractivity contribution in [2.45, 2.75) is 24.5 Å². The number of likely N-dealkylation sites (N-methyl/N-ethyl adjacent to an activating group) is 1. The number of ether oxygens (including phenoxy) is 1. The lowest BCUT2D eigenvalue weighted by Crippen LogP contribution is -2.39. The van der Waals surface area contributed by atoms with Gasteiger partial charge in [0.2, 0.25) is 10.0 Å². The second kappa shape index (κ2) is 8.09. The van der Waals surface area contributed by atoms with E-state index in [1.54, 1.807) is 6.92 Å². The molecule has 0 saturated heterocycles. The quantitative estimate of drug-likeness (QED) is 0.840. The Morgan fingerprint density at radius 3 is 2.43 bits per heavy atom. The van der Waals surface area contributed by atoms with E-state index < -0.39 is 22.7 Å². The van der Waals surface area contributed by atoms with Crippen LogP contribution in [-0.2, 0) is 10.0 Å². The van der Waals surface area contributed by atoms with Gasteiger partial charge < -0.3 is 10.5 Å². The van der Waals surface area contributed by atoms with E-state index in [9.17, 15) is 17.2 Å². The van der Waals surface area contributed by atoms with Crippen LogP contribution in [0.15, 0.2) is 23.1 Å². The summed E-state index contributed by atoms with van der Waals surface area (Å²) < 4.78 is 53.9. The van der Waals surface area contributed by atoms with E-state index in [0.717, 1.165) is 22.5 Å². The number of rotatable bonds is 6. The number of alkyl halides is 2. The number of benzene rings is 1. The molecule has 0 aromatic heterocycles. The average Bonchev–Trinajstić information content (AvgIpc) is 2.38. The largest absolute Gasteiger partial charge is 0.433 e. The number of hydrogen-bond donors (Lipinski definition) is 1. The molecular formula is C11H16Cl2F2N2O3S. The van der Waals surface area contributed by atoms with Crippen LogP contribution >= 0.6 is 24.0 Å². The van der Waals surface area contributed by atoms with Gasteiger partial charge in [-0.05, 0) is 25.1 Å². The van der Waals surface area contributed by atoms with E-state index in [0.29, 0.717) is 0 Å². The van der Waals surface area contributed by atoms with Gasteiger partial charge in [-0.2, -0.15) is 13.1 Å². The number of sulfonamides is 1. The van der Waals surface area contributed by atoms with E-state index >= 15 is 0 Å². The van der Waals surface area contributed by atoms with Crippen LogP contribution in [-0.4, -0.2) is 39.0 Å². The molecule has 0 heterocycles. The third kappa shape index (κ3) is 4.93. The summed E-state index contributed by atoms with van der Waals surface area (Å²) in [6, 6.07) is 2.89. The molecule has 5 nitrogen and oxygen atoms in total. The van der Waals surface area contributed by atoms with Crippen molar-refractivity contribution in [2.24, 2.45) is 5.73 Å². The first kappa shape index (κ1) is 20.3. The molecule has 2 N–H and O–H groups in total. The van der Waals surface area contributed by atoms with Crippen LogP contribution in [0, 0.1) is 0 Å². The molecule has 0 aliphatic heterocycles. The maximum Gasteiger partial charge on any atom is 0.387 e. The van der Waals surface area contributed by atoms with Gasteiger partial charge >= 0.3 is 6.61 Å². The van der Waals surface area contributed by atoms with Gasteiger partial charge in [0.25, 0.3) is 0 Å². The maximum atomic E-state index is 12.2. The topological polar surface area (TPSA) is 72.6 Å². The lowest BCUT2D eigenvalue weighted by atomic mass is 10.3. The highest BCUT2D eigenvalue weighted by atomic mass is 35.5. The monoisotopic (exact) mass is 364 g/mol. The third-order valence-corrected chi connectivity index (χ3v) is 5.02. The van der Waals surface area contributed by atoms with Crippen LogP contribution in [0.3, 0.4) is 0 Å². The first-order valence-electron chi connectivity index (χ1n) is 5.62. The zero-order chi connectivity index (χ0) is 15.5. The van der Waals surface area contributed by atoms with Gasteiger partial charge in [0, 0.05) is 19.6 Å². The van der Waals surface area contributed by atoms with Crippen LogP contribution in [0.2, 0.25) is 5.02 Å². The Kier molecular flexibility index (Phi) is 7.83. The molecule has 0 bridgehead atoms. The zero-order valence-electron chi connectivity index (χ0n) is 11.3. The minimum absolute atomic E-state index is 0. The molecule has 122 valence electrons. The summed E-state index contributed by atoms with van der Waals surface area (Å²) in [4.78, 5) is -0.119. The minimum Gasteiger partial charge on any atom is -0.433 e. The normalized spacial score (nSPS) is 13.1. The Hall–Kier alpha value is -0.670. The highest BCUT2D eigenvalue weighted by Crippen LogP contribution is 2.29. The van der Waals surface area contributed by atoms with Crippen LogP contribution in [0.4, 0.5) is 8.78 Å². The van der Waals surface area contributed by atoms with Crippen molar-refractivity contribution in [1.82, 2.24) is 4.31 Å². The molecule has 1 aromatic rings. The predicted molar refractivity (Wildman–Crippen MR) is 78.8 cm³/mol. The fourth-order valence-electron chi connectivity index (χ4n) is 1.39. The van der Waals surface area contributed by atoms with Crippen LogP contribution in [0.25, 0.3) is 0 Å². The van der Waals surface area contributed by atoms with Gasteiger partial charge in [-0.15, -0.1) is 12.4 Å². The van der Waals surface area contributed by atoms with E-state index in [1.807, 2.05) is 0 Å². The van der Waals surface area contributed by atoms with Crippen LogP contribution < -0.4 is 10.5 Å². The van der Waals surface area contributed by atoms with E-state index in [2.05, 4.69) is 4.74 Å². The summed E-state index contributed by atoms with van der Waals surface area (Å²) in [7, 11) is -2.41. The Bertz CT molecular complexity index is 573. The van der Waals surface area contributed by atoms with Crippen LogP contribution in [0.1, 0.15) is 6.92 Å². The lowest BCUT2D eigenvalue weighted by Gasteiger charge is -2.23. The Balaban J connectivity index is 0.00000400. The molecule has 1 aromatic carbocycles. The van der Waals surface area contributed by atoms with Crippen LogP contribution in [0.5, 0.6) is 5.75 Å². The molecule has 1 atom stereocenters. The molecule has 0 aliphatic rings. The van der Waals surface area contributed by atoms with Crippen molar-refractivity contribution < 1.29 is 21.9 Å². The van der Waals surface area contributed by atoms with Crippen molar-refractivity contribution in [3.8, 4) is 5.75 Å². The zero-order valence-corrected chi connectivity index (χ0v) is 13.7. The summed E-state index contributed by atoms with van der Waals surface area (Å²) in [6.45, 7) is -1.24. The second-order valence-electron chi connectivity index (χ2n) is 4.08. The van der Waals surface area contributed by atoms with E-state index in [1.165, 1.54) is 7.05 Å². The maximum absolute atomic E-state index is 12.2. The lowest BCUT2D eigenvalue weighted by molar-refractivity contribution is -0.0498. The molecule has 10 heteroatoms. The SMILES string of the molecule is CC(CN)N(C)S(=O)(=O)c1ccc(OC(F)F)c(Cl)c1.Cl. The van der Waals surface area contributed by atoms with Gasteiger partial charge in [-0.1, -0.05) is 11.6 Å². The molecule has 1 rings (SSSR count). The first-order chi connectivity index (χ1) is 9.20. The summed E-state index contributed by atoms with van der Waals surface area (Å²) in [6.07, 6.45) is 0. The summed E-state index contributed by atoms with van der Waals surface area (Å²) in [5, 5.41) is -0.208. The first-order valence-corrected chi connectivity index (χ1v) is 7.44. The van der Waals surface area contributed by atoms with Gasteiger partial charge in [0.05, 0.1) is 9.92 Å². The Morgan fingerprint density at radius 2 is 2.00 bits per heavy atom. The van der Waals surface area contributed by atoms with Crippen molar-refractivity contribution in [2.75, 3.05) is 13.6 Å². The third-order valence-electron chi connectivity index (χ3n) is 2.76. The second-order valence-corrected chi connectivity index (χ2v) is 6.48. The van der Waals surface area contributed by atoms with E-state index in [4.69, 9.17) is 17.3 Å². The molecule has 0 radical (unpaired) electrons. The number of hydrogen-bond acceptors (Lipinski definition) is 4. The smallest absolute Gasteiger partial charge is 0.387 e. The number of nitrogens with two attached hydrogens (primary N) is 1. The predicted octanol–water partition coefficient (Wildman–Crippen LogP) is 2.33. The highest BCUT2D eigenvalue weighted by molar-refractivity contribution is 7.89. The summed E-state index contributed by atoms with van der Waals surface area (Å²) >= 11 is 5.73. The van der Waals surface area contributed by atoms with E-state index in [-0.39, 0.29) is 34.6 Å². The molecule has 21 heavy (non-hydrogen) atoms. The summed E-state index contributed by atoms with van der Waals surface area (Å²) in [5.41, 5.74) is 5.42. The highest BCUT2D eigenvalue weighted by Gasteiger charge is 2.25. The van der Waals surface area contributed by atoms with Gasteiger partial charge in [-0.25, -0.2) is 8.42 Å². The Labute approximate surface area is 133 Å². The van der Waals surface area contributed by atoms with Gasteiger partial charge in [0.1, 0.15) is 5.75 Å². The van der Waals surface area contributed by atoms with Gasteiger partial charge in [0.15, 0.2) is 0 Å². The standard InChI is InChI=1S/C11H15ClF2N2O3S.ClH/c1-7(6-15)16(2)20(17,18)8-3-4-10(9(12)5-8)19-11(13)14;/h3-5,7,11H,6,15H2,1-2H3;1H. The fourth-order valence-corrected chi connectivity index (χ4v) is 3.07. The Morgan fingerprint density at radius 1 is 1.43 bits per heavy atom. The number of halogens is 4. The molecule has 0 aliphatic carbocycles. The van der Waals surface area contributed by atoms with Crippen molar-refractivity contribution in [3.63, 3.8) is 0 Å². The minimum atomic E-state index is -3.79. The van der Waals surface area contributed by atoms with Crippen molar-refractivity contribution in [3.05, 3.63) is 23.2 Å². The molecule has 0 saturated carbocycles. The summed E-state index contributed by atoms with van der Waals surface area (Å²) in [5.74, 6) is -0.282. The molecule has 0 amide bonds. The molecule has 0 spiro atoms. The fraction of sp³-hybridized carbons (Fsp3) is 0.455. The molecule has 1 unspecified atom stereocenters. The van der Waals surface area contributed by atoms with Gasteiger partial charge in [-0.3, -0.25) is 0 Å². The average molecular weight is 365 g/mol. The number of nitrogens with zero attached hydrogens (tertiary/aromatic N) is 1. The molecular weight excluding hydrogens is 349 g/mol. The van der Waals surface area contributed by atoms with Crippen molar-refractivity contribution >= 4 is 34.0 Å². The molecule has 0 fully saturated rings.